The average molecular weight is 425 g/mol. The summed E-state index contributed by atoms with van der Waals surface area (Å²) in [4.78, 5) is 4.51. The third-order valence-corrected chi connectivity index (χ3v) is 4.44. The molecule has 0 aliphatic carbocycles. The molecule has 0 aromatic heterocycles. The summed E-state index contributed by atoms with van der Waals surface area (Å²) in [5.41, 5.74) is 5.67. The van der Waals surface area contributed by atoms with Crippen LogP contribution in [0.4, 0.5) is 0 Å². The van der Waals surface area contributed by atoms with Gasteiger partial charge in [-0.25, -0.2) is 8.42 Å². The smallest absolute Gasteiger partial charge is 0.188 e. The van der Waals surface area contributed by atoms with E-state index in [4.69, 9.17) is 5.73 Å². The normalized spacial score (nSPS) is 12.0. The first-order valence-corrected chi connectivity index (χ1v) is 8.38. The summed E-state index contributed by atoms with van der Waals surface area (Å²) in [7, 11) is -3.20. The zero-order valence-electron chi connectivity index (χ0n) is 12.5. The van der Waals surface area contributed by atoms with E-state index in [1.54, 1.807) is 30.3 Å². The van der Waals surface area contributed by atoms with E-state index in [0.717, 1.165) is 0 Å². The maximum Gasteiger partial charge on any atom is 0.188 e. The van der Waals surface area contributed by atoms with Crippen LogP contribution in [0.5, 0.6) is 0 Å². The lowest BCUT2D eigenvalue weighted by Gasteiger charge is -2.07. The molecule has 3 N–H and O–H groups in total. The molecule has 120 valence electrons. The van der Waals surface area contributed by atoms with Crippen molar-refractivity contribution in [1.82, 2.24) is 5.32 Å². The van der Waals surface area contributed by atoms with E-state index < -0.39 is 9.84 Å². The fraction of sp³-hybridized carbons (Fsp3) is 0.500. The number of halogens is 1. The summed E-state index contributed by atoms with van der Waals surface area (Å²) in [6.07, 6.45) is 0.495. The molecule has 0 saturated carbocycles. The predicted octanol–water partition coefficient (Wildman–Crippen LogP) is 2.03. The van der Waals surface area contributed by atoms with Gasteiger partial charge in [0.2, 0.25) is 0 Å². The van der Waals surface area contributed by atoms with Crippen molar-refractivity contribution in [3.63, 3.8) is 0 Å². The average Bonchev–Trinajstić information content (AvgIpc) is 2.42. The number of nitrogens with two attached hydrogens (primary N) is 1. The van der Waals surface area contributed by atoms with Gasteiger partial charge in [-0.3, -0.25) is 4.99 Å². The first kappa shape index (κ1) is 20.2. The van der Waals surface area contributed by atoms with Gasteiger partial charge in [-0.2, -0.15) is 0 Å². The van der Waals surface area contributed by atoms with E-state index >= 15 is 0 Å². The highest BCUT2D eigenvalue weighted by Crippen LogP contribution is 2.10. The van der Waals surface area contributed by atoms with Crippen LogP contribution in [0.2, 0.25) is 0 Å². The predicted molar refractivity (Wildman–Crippen MR) is 97.9 cm³/mol. The van der Waals surface area contributed by atoms with Crippen LogP contribution in [0.15, 0.2) is 40.2 Å². The van der Waals surface area contributed by atoms with Crippen molar-refractivity contribution in [2.45, 2.75) is 25.2 Å². The molecule has 0 bridgehead atoms. The van der Waals surface area contributed by atoms with Gasteiger partial charge in [0.1, 0.15) is 0 Å². The fourth-order valence-corrected chi connectivity index (χ4v) is 2.89. The lowest BCUT2D eigenvalue weighted by molar-refractivity contribution is 0.592. The van der Waals surface area contributed by atoms with Crippen molar-refractivity contribution in [2.24, 2.45) is 16.6 Å². The van der Waals surface area contributed by atoms with Gasteiger partial charge in [0.15, 0.2) is 15.8 Å². The van der Waals surface area contributed by atoms with Gasteiger partial charge in [0.25, 0.3) is 0 Å². The molecule has 0 radical (unpaired) electrons. The first-order valence-electron chi connectivity index (χ1n) is 6.73. The minimum atomic E-state index is -3.20. The summed E-state index contributed by atoms with van der Waals surface area (Å²) < 4.78 is 24.0. The topological polar surface area (TPSA) is 84.5 Å². The Labute approximate surface area is 144 Å². The SMILES string of the molecule is CC(C)CN=C(N)NCCCS(=O)(=O)c1ccccc1.I. The Bertz CT molecular complexity index is 530. The van der Waals surface area contributed by atoms with Crippen molar-refractivity contribution in [3.05, 3.63) is 30.3 Å². The van der Waals surface area contributed by atoms with Crippen LogP contribution in [-0.4, -0.2) is 33.2 Å². The Balaban J connectivity index is 0.00000400. The van der Waals surface area contributed by atoms with Crippen molar-refractivity contribution in [3.8, 4) is 0 Å². The number of rotatable bonds is 7. The molecule has 0 aliphatic heterocycles. The lowest BCUT2D eigenvalue weighted by atomic mass is 10.2. The Kier molecular flexibility index (Phi) is 9.60. The van der Waals surface area contributed by atoms with Gasteiger partial charge in [0.05, 0.1) is 10.6 Å². The van der Waals surface area contributed by atoms with Gasteiger partial charge in [-0.1, -0.05) is 32.0 Å². The quantitative estimate of drug-likeness (QED) is 0.303. The number of guanidine groups is 1. The van der Waals surface area contributed by atoms with Crippen LogP contribution in [0.1, 0.15) is 20.3 Å². The van der Waals surface area contributed by atoms with Crippen molar-refractivity contribution < 1.29 is 8.42 Å². The van der Waals surface area contributed by atoms with Crippen LogP contribution in [0, 0.1) is 5.92 Å². The van der Waals surface area contributed by atoms with Crippen LogP contribution < -0.4 is 11.1 Å². The number of nitrogens with one attached hydrogen (secondary N) is 1. The van der Waals surface area contributed by atoms with Crippen LogP contribution in [-0.2, 0) is 9.84 Å². The van der Waals surface area contributed by atoms with Crippen molar-refractivity contribution >= 4 is 39.8 Å². The molecule has 1 rings (SSSR count). The summed E-state index contributed by atoms with van der Waals surface area (Å²) in [5.74, 6) is 0.922. The van der Waals surface area contributed by atoms with Gasteiger partial charge in [-0.15, -0.1) is 24.0 Å². The Morgan fingerprint density at radius 1 is 1.29 bits per heavy atom. The Morgan fingerprint density at radius 2 is 1.90 bits per heavy atom. The second kappa shape index (κ2) is 9.99. The molecule has 0 heterocycles. The standard InChI is InChI=1S/C14H23N3O2S.HI/c1-12(2)11-17-14(15)16-9-6-10-20(18,19)13-7-4-3-5-8-13;/h3-5,7-8,12H,6,9-11H2,1-2H3,(H3,15,16,17);1H. The van der Waals surface area contributed by atoms with E-state index in [0.29, 0.717) is 36.3 Å². The molecular weight excluding hydrogens is 401 g/mol. The molecule has 0 saturated heterocycles. The summed E-state index contributed by atoms with van der Waals surface area (Å²) in [6.45, 7) is 5.28. The molecule has 7 heteroatoms. The molecule has 0 unspecified atom stereocenters. The molecular formula is C14H24IN3O2S. The second-order valence-corrected chi connectivity index (χ2v) is 7.14. The minimum Gasteiger partial charge on any atom is -0.370 e. The molecule has 1 aromatic rings. The van der Waals surface area contributed by atoms with Crippen molar-refractivity contribution in [1.29, 1.82) is 0 Å². The minimum absolute atomic E-state index is 0. The number of aliphatic imine (C=N–C) groups is 1. The third-order valence-electron chi connectivity index (χ3n) is 2.63. The molecule has 5 nitrogen and oxygen atoms in total. The fourth-order valence-electron chi connectivity index (χ4n) is 1.56. The Hall–Kier alpha value is -0.830. The summed E-state index contributed by atoms with van der Waals surface area (Å²) >= 11 is 0. The molecule has 1 aromatic carbocycles. The zero-order valence-corrected chi connectivity index (χ0v) is 15.6. The molecule has 21 heavy (non-hydrogen) atoms. The number of hydrogen-bond acceptors (Lipinski definition) is 3. The van der Waals surface area contributed by atoms with Gasteiger partial charge in [0, 0.05) is 13.1 Å². The number of sulfone groups is 1. The zero-order chi connectivity index (χ0) is 15.0. The van der Waals surface area contributed by atoms with Crippen LogP contribution >= 0.6 is 24.0 Å². The largest absolute Gasteiger partial charge is 0.370 e. The number of hydrogen-bond donors (Lipinski definition) is 2. The third kappa shape index (κ3) is 8.25. The molecule has 0 spiro atoms. The van der Waals surface area contributed by atoms with E-state index in [-0.39, 0.29) is 29.7 Å². The van der Waals surface area contributed by atoms with E-state index in [1.165, 1.54) is 0 Å². The summed E-state index contributed by atoms with van der Waals surface area (Å²) in [5, 5.41) is 2.93. The highest BCUT2D eigenvalue weighted by molar-refractivity contribution is 14.0. The van der Waals surface area contributed by atoms with Crippen LogP contribution in [0.25, 0.3) is 0 Å². The molecule has 0 aliphatic rings. The Morgan fingerprint density at radius 3 is 2.48 bits per heavy atom. The molecule has 0 fully saturated rings. The van der Waals surface area contributed by atoms with Crippen molar-refractivity contribution in [2.75, 3.05) is 18.8 Å². The lowest BCUT2D eigenvalue weighted by Crippen LogP contribution is -2.33. The molecule has 0 amide bonds. The summed E-state index contributed by atoms with van der Waals surface area (Å²) in [6, 6.07) is 8.47. The maximum absolute atomic E-state index is 12.0. The van der Waals surface area contributed by atoms with E-state index in [1.807, 2.05) is 0 Å². The van der Waals surface area contributed by atoms with Gasteiger partial charge in [-0.05, 0) is 24.5 Å². The van der Waals surface area contributed by atoms with Gasteiger partial charge >= 0.3 is 0 Å². The maximum atomic E-state index is 12.0. The number of benzene rings is 1. The number of nitrogens with zero attached hydrogens (tertiary/aromatic N) is 1. The highest BCUT2D eigenvalue weighted by Gasteiger charge is 2.12. The first-order chi connectivity index (χ1) is 9.42. The molecule has 0 atom stereocenters. The van der Waals surface area contributed by atoms with Gasteiger partial charge < -0.3 is 11.1 Å². The highest BCUT2D eigenvalue weighted by atomic mass is 127. The van der Waals surface area contributed by atoms with E-state index in [9.17, 15) is 8.42 Å². The second-order valence-electron chi connectivity index (χ2n) is 5.03. The monoisotopic (exact) mass is 425 g/mol. The van der Waals surface area contributed by atoms with Crippen LogP contribution in [0.3, 0.4) is 0 Å². The van der Waals surface area contributed by atoms with E-state index in [2.05, 4.69) is 24.2 Å².